The Morgan fingerprint density at radius 2 is 1.95 bits per heavy atom. The number of halogens is 3. The molecule has 2 aromatic rings. The van der Waals surface area contributed by atoms with Gasteiger partial charge in [0, 0.05) is 18.3 Å². The van der Waals surface area contributed by atoms with Crippen LogP contribution in [-0.4, -0.2) is 4.98 Å². The fourth-order valence-corrected chi connectivity index (χ4v) is 1.52. The monoisotopic (exact) mass is 268 g/mol. The predicted molar refractivity (Wildman–Crippen MR) is 63.6 cm³/mol. The lowest BCUT2D eigenvalue weighted by Crippen LogP contribution is -2.05. The van der Waals surface area contributed by atoms with Crippen LogP contribution < -0.4 is 10.5 Å². The second-order valence-electron chi connectivity index (χ2n) is 3.80. The molecule has 0 amide bonds. The number of alkyl halides is 3. The summed E-state index contributed by atoms with van der Waals surface area (Å²) in [5.74, 6) is 0.285. The van der Waals surface area contributed by atoms with Gasteiger partial charge in [0.15, 0.2) is 0 Å². The molecule has 100 valence electrons. The maximum absolute atomic E-state index is 12.6. The average Bonchev–Trinajstić information content (AvgIpc) is 2.39. The van der Waals surface area contributed by atoms with Gasteiger partial charge in [-0.2, -0.15) is 13.2 Å². The zero-order chi connectivity index (χ0) is 13.9. The third-order valence-corrected chi connectivity index (χ3v) is 2.45. The van der Waals surface area contributed by atoms with E-state index in [-0.39, 0.29) is 18.2 Å². The smallest absolute Gasteiger partial charge is 0.416 e. The molecule has 1 aromatic heterocycles. The molecule has 0 bridgehead atoms. The summed E-state index contributed by atoms with van der Waals surface area (Å²) in [6.45, 7) is 0.197. The molecule has 1 aromatic carbocycles. The Hall–Kier alpha value is -2.08. The van der Waals surface area contributed by atoms with Gasteiger partial charge < -0.3 is 10.5 Å². The Labute approximate surface area is 107 Å². The zero-order valence-corrected chi connectivity index (χ0v) is 9.82. The van der Waals surface area contributed by atoms with E-state index in [1.54, 1.807) is 12.1 Å². The van der Waals surface area contributed by atoms with E-state index in [0.29, 0.717) is 5.56 Å². The van der Waals surface area contributed by atoms with E-state index in [1.165, 1.54) is 18.3 Å². The minimum atomic E-state index is -4.40. The summed E-state index contributed by atoms with van der Waals surface area (Å²) in [4.78, 5) is 3.95. The zero-order valence-electron chi connectivity index (χ0n) is 9.82. The molecular formula is C13H11F3N2O. The molecule has 0 aliphatic heterocycles. The highest BCUT2D eigenvalue weighted by atomic mass is 19.4. The quantitative estimate of drug-likeness (QED) is 0.928. The Balaban J connectivity index is 2.29. The third-order valence-electron chi connectivity index (χ3n) is 2.45. The predicted octanol–water partition coefficient (Wildman–Crippen LogP) is 3.35. The van der Waals surface area contributed by atoms with Gasteiger partial charge in [0.05, 0.1) is 5.56 Å². The third kappa shape index (κ3) is 3.23. The van der Waals surface area contributed by atoms with Crippen LogP contribution in [-0.2, 0) is 12.7 Å². The maximum atomic E-state index is 12.6. The molecule has 0 saturated heterocycles. The topological polar surface area (TPSA) is 48.1 Å². The molecule has 0 fully saturated rings. The summed E-state index contributed by atoms with van der Waals surface area (Å²) in [5.41, 5.74) is 5.36. The van der Waals surface area contributed by atoms with E-state index in [4.69, 9.17) is 10.5 Å². The van der Waals surface area contributed by atoms with Gasteiger partial charge in [0.1, 0.15) is 5.75 Å². The molecule has 0 radical (unpaired) electrons. The molecule has 19 heavy (non-hydrogen) atoms. The summed E-state index contributed by atoms with van der Waals surface area (Å²) < 4.78 is 43.0. The molecule has 0 saturated carbocycles. The van der Waals surface area contributed by atoms with Gasteiger partial charge in [-0.1, -0.05) is 12.1 Å². The van der Waals surface area contributed by atoms with Crippen LogP contribution in [0.2, 0.25) is 0 Å². The van der Waals surface area contributed by atoms with Crippen LogP contribution in [0, 0.1) is 0 Å². The lowest BCUT2D eigenvalue weighted by atomic mass is 10.2. The number of nitrogens with two attached hydrogens (primary N) is 1. The molecule has 2 rings (SSSR count). The van der Waals surface area contributed by atoms with E-state index < -0.39 is 11.7 Å². The van der Waals surface area contributed by atoms with Gasteiger partial charge in [0.25, 0.3) is 0 Å². The highest BCUT2D eigenvalue weighted by Gasteiger charge is 2.30. The molecule has 0 aliphatic rings. The minimum Gasteiger partial charge on any atom is -0.439 e. The van der Waals surface area contributed by atoms with Crippen molar-refractivity contribution in [3.63, 3.8) is 0 Å². The Morgan fingerprint density at radius 3 is 2.63 bits per heavy atom. The van der Waals surface area contributed by atoms with Crippen LogP contribution in [0.5, 0.6) is 11.6 Å². The number of pyridine rings is 1. The summed E-state index contributed by atoms with van der Waals surface area (Å²) in [6, 6.07) is 8.01. The lowest BCUT2D eigenvalue weighted by Gasteiger charge is -2.11. The van der Waals surface area contributed by atoms with Crippen molar-refractivity contribution in [2.24, 2.45) is 5.73 Å². The normalized spacial score (nSPS) is 11.4. The number of aromatic nitrogens is 1. The SMILES string of the molecule is NCc1cccnc1Oc1cccc(C(F)(F)F)c1. The number of hydrogen-bond acceptors (Lipinski definition) is 3. The standard InChI is InChI=1S/C13H11F3N2O/c14-13(15,16)10-4-1-5-11(7-10)19-12-9(8-17)3-2-6-18-12/h1-7H,8,17H2. The molecule has 1 heterocycles. The van der Waals surface area contributed by atoms with Crippen molar-refractivity contribution >= 4 is 0 Å². The van der Waals surface area contributed by atoms with Crippen molar-refractivity contribution in [1.82, 2.24) is 4.98 Å². The van der Waals surface area contributed by atoms with Crippen LogP contribution in [0.1, 0.15) is 11.1 Å². The fraction of sp³-hybridized carbons (Fsp3) is 0.154. The van der Waals surface area contributed by atoms with E-state index in [2.05, 4.69) is 4.98 Å². The molecule has 3 nitrogen and oxygen atoms in total. The van der Waals surface area contributed by atoms with Gasteiger partial charge in [-0.05, 0) is 24.3 Å². The molecule has 0 spiro atoms. The molecule has 2 N–H and O–H groups in total. The largest absolute Gasteiger partial charge is 0.439 e. The first-order valence-corrected chi connectivity index (χ1v) is 5.50. The number of ether oxygens (including phenoxy) is 1. The van der Waals surface area contributed by atoms with Crippen molar-refractivity contribution in [3.05, 3.63) is 53.7 Å². The summed E-state index contributed by atoms with van der Waals surface area (Å²) in [5, 5.41) is 0. The average molecular weight is 268 g/mol. The number of hydrogen-bond donors (Lipinski definition) is 1. The van der Waals surface area contributed by atoms with Crippen molar-refractivity contribution < 1.29 is 17.9 Å². The second-order valence-corrected chi connectivity index (χ2v) is 3.80. The first kappa shape index (κ1) is 13.4. The van der Waals surface area contributed by atoms with E-state index in [9.17, 15) is 13.2 Å². The van der Waals surface area contributed by atoms with Crippen LogP contribution in [0.3, 0.4) is 0 Å². The van der Waals surface area contributed by atoms with Gasteiger partial charge in [-0.15, -0.1) is 0 Å². The lowest BCUT2D eigenvalue weighted by molar-refractivity contribution is -0.137. The number of benzene rings is 1. The molecule has 0 unspecified atom stereocenters. The molecule has 0 atom stereocenters. The van der Waals surface area contributed by atoms with Crippen molar-refractivity contribution in [2.45, 2.75) is 12.7 Å². The molecule has 6 heteroatoms. The summed E-state index contributed by atoms with van der Waals surface area (Å²) in [6.07, 6.45) is -2.91. The van der Waals surface area contributed by atoms with E-state index in [1.807, 2.05) is 0 Å². The number of nitrogens with zero attached hydrogens (tertiary/aromatic N) is 1. The number of rotatable bonds is 3. The highest BCUT2D eigenvalue weighted by Crippen LogP contribution is 2.32. The van der Waals surface area contributed by atoms with Gasteiger partial charge in [0.2, 0.25) is 5.88 Å². The van der Waals surface area contributed by atoms with Crippen LogP contribution in [0.4, 0.5) is 13.2 Å². The minimum absolute atomic E-state index is 0.0724. The van der Waals surface area contributed by atoms with Crippen molar-refractivity contribution in [3.8, 4) is 11.6 Å². The van der Waals surface area contributed by atoms with Gasteiger partial charge in [-0.25, -0.2) is 4.98 Å². The fourth-order valence-electron chi connectivity index (χ4n) is 1.52. The Bertz CT molecular complexity index is 570. The van der Waals surface area contributed by atoms with Crippen LogP contribution in [0.15, 0.2) is 42.6 Å². The van der Waals surface area contributed by atoms with E-state index in [0.717, 1.165) is 12.1 Å². The second kappa shape index (κ2) is 5.27. The van der Waals surface area contributed by atoms with Crippen molar-refractivity contribution in [1.29, 1.82) is 0 Å². The van der Waals surface area contributed by atoms with Crippen LogP contribution >= 0.6 is 0 Å². The van der Waals surface area contributed by atoms with Crippen molar-refractivity contribution in [2.75, 3.05) is 0 Å². The summed E-state index contributed by atoms with van der Waals surface area (Å²) in [7, 11) is 0. The summed E-state index contributed by atoms with van der Waals surface area (Å²) >= 11 is 0. The molecular weight excluding hydrogens is 257 g/mol. The maximum Gasteiger partial charge on any atom is 0.416 e. The highest BCUT2D eigenvalue weighted by molar-refractivity contribution is 5.35. The van der Waals surface area contributed by atoms with E-state index >= 15 is 0 Å². The van der Waals surface area contributed by atoms with Crippen LogP contribution in [0.25, 0.3) is 0 Å². The Morgan fingerprint density at radius 1 is 1.16 bits per heavy atom. The van der Waals surface area contributed by atoms with Gasteiger partial charge in [-0.3, -0.25) is 0 Å². The first-order chi connectivity index (χ1) is 9.00. The van der Waals surface area contributed by atoms with Gasteiger partial charge >= 0.3 is 6.18 Å². The Kier molecular flexibility index (Phi) is 3.71. The molecule has 0 aliphatic carbocycles. The first-order valence-electron chi connectivity index (χ1n) is 5.50.